The lowest BCUT2D eigenvalue weighted by Gasteiger charge is -2.22. The average Bonchev–Trinajstić information content (AvgIpc) is 1.64. The molecule has 0 saturated heterocycles. The van der Waals surface area contributed by atoms with Crippen LogP contribution < -0.4 is 0 Å². The molecule has 0 fully saturated rings. The number of aliphatic hydroxyl groups is 2. The maximum Gasteiger partial charge on any atom is 0.0782 e. The minimum absolute atomic E-state index is 0.103. The summed E-state index contributed by atoms with van der Waals surface area (Å²) in [6.45, 7) is 6.37. The molecule has 2 nitrogen and oxygen atoms in total. The van der Waals surface area contributed by atoms with Crippen molar-refractivity contribution in [2.24, 2.45) is 0 Å². The fourth-order valence-corrected chi connectivity index (χ4v) is 1.55. The molecule has 0 aliphatic rings. The van der Waals surface area contributed by atoms with Crippen molar-refractivity contribution in [2.75, 3.05) is 6.61 Å². The zero-order valence-corrected chi connectivity index (χ0v) is 7.39. The first-order valence-electron chi connectivity index (χ1n) is 3.27. The highest BCUT2D eigenvalue weighted by Gasteiger charge is 2.23. The normalized spacial score (nSPS) is 15.7. The van der Waals surface area contributed by atoms with Gasteiger partial charge in [-0.3, -0.25) is 0 Å². The quantitative estimate of drug-likeness (QED) is 0.576. The van der Waals surface area contributed by atoms with Crippen LogP contribution in [0.4, 0.5) is 0 Å². The van der Waals surface area contributed by atoms with E-state index >= 15 is 0 Å². The maximum absolute atomic E-state index is 9.29. The minimum Gasteiger partial charge on any atom is -0.396 e. The van der Waals surface area contributed by atoms with E-state index in [0.29, 0.717) is 6.42 Å². The first-order chi connectivity index (χ1) is 3.98. The molecular weight excluding hydrogens is 132 g/mol. The molecule has 1 unspecified atom stereocenters. The number of rotatable bonds is 3. The fourth-order valence-electron chi connectivity index (χ4n) is 0.555. The third-order valence-corrected chi connectivity index (χ3v) is 3.69. The Kier molecular flexibility index (Phi) is 3.39. The van der Waals surface area contributed by atoms with Crippen LogP contribution in [0.2, 0.25) is 19.6 Å². The van der Waals surface area contributed by atoms with Gasteiger partial charge in [0.15, 0.2) is 0 Å². The Morgan fingerprint density at radius 3 is 1.89 bits per heavy atom. The van der Waals surface area contributed by atoms with Crippen LogP contribution in [0.1, 0.15) is 6.42 Å². The maximum atomic E-state index is 9.29. The van der Waals surface area contributed by atoms with E-state index in [1.54, 1.807) is 0 Å². The molecule has 0 aromatic carbocycles. The van der Waals surface area contributed by atoms with Crippen molar-refractivity contribution in [3.63, 3.8) is 0 Å². The Labute approximate surface area is 57.5 Å². The molecule has 9 heavy (non-hydrogen) atoms. The second-order valence-electron chi connectivity index (χ2n) is 3.39. The van der Waals surface area contributed by atoms with Gasteiger partial charge in [-0.25, -0.2) is 0 Å². The number of hydrogen-bond donors (Lipinski definition) is 2. The SMILES string of the molecule is C[Si](C)(C)C(O)CCO. The third kappa shape index (κ3) is 3.67. The van der Waals surface area contributed by atoms with E-state index in [4.69, 9.17) is 5.11 Å². The largest absolute Gasteiger partial charge is 0.396 e. The van der Waals surface area contributed by atoms with Crippen molar-refractivity contribution in [2.45, 2.75) is 31.8 Å². The second kappa shape index (κ2) is 3.34. The lowest BCUT2D eigenvalue weighted by molar-refractivity contribution is 0.185. The molecule has 0 radical (unpaired) electrons. The lowest BCUT2D eigenvalue weighted by Crippen LogP contribution is -2.38. The molecule has 0 aromatic rings. The van der Waals surface area contributed by atoms with Crippen LogP contribution in [0.25, 0.3) is 0 Å². The van der Waals surface area contributed by atoms with E-state index < -0.39 is 8.07 Å². The zero-order valence-electron chi connectivity index (χ0n) is 6.39. The van der Waals surface area contributed by atoms with Crippen molar-refractivity contribution >= 4 is 8.07 Å². The smallest absolute Gasteiger partial charge is 0.0782 e. The van der Waals surface area contributed by atoms with Crippen molar-refractivity contribution in [3.05, 3.63) is 0 Å². The average molecular weight is 148 g/mol. The van der Waals surface area contributed by atoms with Gasteiger partial charge in [0, 0.05) is 12.3 Å². The summed E-state index contributed by atoms with van der Waals surface area (Å²) in [4.78, 5) is 0. The van der Waals surface area contributed by atoms with Crippen LogP contribution in [-0.2, 0) is 0 Å². The van der Waals surface area contributed by atoms with Crippen molar-refractivity contribution in [1.29, 1.82) is 0 Å². The zero-order chi connectivity index (χ0) is 7.49. The van der Waals surface area contributed by atoms with Gasteiger partial charge in [-0.15, -0.1) is 0 Å². The number of aliphatic hydroxyl groups excluding tert-OH is 2. The molecule has 3 heteroatoms. The summed E-state index contributed by atoms with van der Waals surface area (Å²) in [5, 5.41) is 17.7. The summed E-state index contributed by atoms with van der Waals surface area (Å²) in [7, 11) is -1.39. The molecule has 0 aliphatic heterocycles. The van der Waals surface area contributed by atoms with Crippen LogP contribution in [0, 0.1) is 0 Å². The van der Waals surface area contributed by atoms with Crippen LogP contribution in [0.15, 0.2) is 0 Å². The van der Waals surface area contributed by atoms with E-state index in [2.05, 4.69) is 19.6 Å². The molecule has 1 atom stereocenters. The Morgan fingerprint density at radius 1 is 1.33 bits per heavy atom. The molecular formula is C6H16O2Si. The summed E-state index contributed by atoms with van der Waals surface area (Å²) < 4.78 is 0. The lowest BCUT2D eigenvalue weighted by atomic mass is 10.5. The minimum atomic E-state index is -1.39. The van der Waals surface area contributed by atoms with Gasteiger partial charge < -0.3 is 10.2 Å². The highest BCUT2D eigenvalue weighted by Crippen LogP contribution is 2.09. The summed E-state index contributed by atoms with van der Waals surface area (Å²) in [5.41, 5.74) is -0.248. The third-order valence-electron chi connectivity index (χ3n) is 1.40. The predicted molar refractivity (Wildman–Crippen MR) is 41.1 cm³/mol. The molecule has 0 bridgehead atoms. The van der Waals surface area contributed by atoms with Crippen LogP contribution >= 0.6 is 0 Å². The van der Waals surface area contributed by atoms with Gasteiger partial charge >= 0.3 is 0 Å². The van der Waals surface area contributed by atoms with Gasteiger partial charge in [-0.2, -0.15) is 0 Å². The highest BCUT2D eigenvalue weighted by molar-refractivity contribution is 6.77. The Bertz CT molecular complexity index is 77.6. The molecule has 0 amide bonds. The fraction of sp³-hybridized carbons (Fsp3) is 1.00. The Balaban J connectivity index is 3.59. The van der Waals surface area contributed by atoms with Crippen molar-refractivity contribution in [1.82, 2.24) is 0 Å². The van der Waals surface area contributed by atoms with E-state index in [1.807, 2.05) is 0 Å². The topological polar surface area (TPSA) is 40.5 Å². The van der Waals surface area contributed by atoms with E-state index in [0.717, 1.165) is 0 Å². The van der Waals surface area contributed by atoms with Gasteiger partial charge in [-0.05, 0) is 6.42 Å². The van der Waals surface area contributed by atoms with Crippen molar-refractivity contribution in [3.8, 4) is 0 Å². The molecule has 0 heterocycles. The molecule has 0 rings (SSSR count). The molecule has 0 saturated carbocycles. The van der Waals surface area contributed by atoms with Crippen LogP contribution in [0.3, 0.4) is 0 Å². The first kappa shape index (κ1) is 9.14. The summed E-state index contributed by atoms with van der Waals surface area (Å²) in [6, 6.07) is 0. The monoisotopic (exact) mass is 148 g/mol. The van der Waals surface area contributed by atoms with Gasteiger partial charge in [0.1, 0.15) is 0 Å². The van der Waals surface area contributed by atoms with Crippen LogP contribution in [-0.4, -0.2) is 30.6 Å². The molecule has 2 N–H and O–H groups in total. The summed E-state index contributed by atoms with van der Waals surface area (Å²) in [5.74, 6) is 0. The van der Waals surface area contributed by atoms with Gasteiger partial charge in [0.25, 0.3) is 0 Å². The number of hydrogen-bond acceptors (Lipinski definition) is 2. The van der Waals surface area contributed by atoms with Crippen molar-refractivity contribution < 1.29 is 10.2 Å². The second-order valence-corrected chi connectivity index (χ2v) is 8.79. The molecule has 0 aromatic heterocycles. The predicted octanol–water partition coefficient (Wildman–Crippen LogP) is 0.607. The van der Waals surface area contributed by atoms with Gasteiger partial charge in [0.2, 0.25) is 0 Å². The molecule has 56 valence electrons. The summed E-state index contributed by atoms with van der Waals surface area (Å²) >= 11 is 0. The molecule has 0 spiro atoms. The van der Waals surface area contributed by atoms with Crippen LogP contribution in [0.5, 0.6) is 0 Å². The Morgan fingerprint density at radius 2 is 1.78 bits per heavy atom. The highest BCUT2D eigenvalue weighted by atomic mass is 28.3. The molecule has 0 aliphatic carbocycles. The van der Waals surface area contributed by atoms with E-state index in [9.17, 15) is 5.11 Å². The standard InChI is InChI=1S/C6H16O2Si/c1-9(2,3)6(8)4-5-7/h6-8H,4-5H2,1-3H3. The van der Waals surface area contributed by atoms with E-state index in [-0.39, 0.29) is 12.3 Å². The van der Waals surface area contributed by atoms with Gasteiger partial charge in [0.05, 0.1) is 8.07 Å². The Hall–Kier alpha value is 0.137. The summed E-state index contributed by atoms with van der Waals surface area (Å²) in [6.07, 6.45) is 0.537. The first-order valence-corrected chi connectivity index (χ1v) is 6.85. The van der Waals surface area contributed by atoms with Gasteiger partial charge in [-0.1, -0.05) is 19.6 Å². The van der Waals surface area contributed by atoms with E-state index in [1.165, 1.54) is 0 Å².